The number of pyridine rings is 1. The highest BCUT2D eigenvalue weighted by Crippen LogP contribution is 2.40. The normalized spacial score (nSPS) is 15.8. The molecule has 1 saturated carbocycles. The van der Waals surface area contributed by atoms with Crippen LogP contribution < -0.4 is 29.8 Å². The second-order valence-corrected chi connectivity index (χ2v) is 7.76. The maximum absolute atomic E-state index is 12.6. The van der Waals surface area contributed by atoms with Gasteiger partial charge in [0, 0.05) is 29.9 Å². The molecule has 0 spiro atoms. The highest BCUT2D eigenvalue weighted by molar-refractivity contribution is 5.90. The Kier molecular flexibility index (Phi) is 5.67. The predicted octanol–water partition coefficient (Wildman–Crippen LogP) is 2.81. The van der Waals surface area contributed by atoms with Crippen molar-refractivity contribution in [3.63, 3.8) is 0 Å². The van der Waals surface area contributed by atoms with E-state index in [-0.39, 0.29) is 17.7 Å². The largest absolute Gasteiger partial charge is 0.493 e. The summed E-state index contributed by atoms with van der Waals surface area (Å²) in [4.78, 5) is 26.5. The summed E-state index contributed by atoms with van der Waals surface area (Å²) in [5, 5.41) is 2.84. The number of methoxy groups -OCH3 is 3. The molecular weight excluding hydrogens is 402 g/mol. The number of anilines is 1. The van der Waals surface area contributed by atoms with E-state index in [1.165, 1.54) is 27.4 Å². The number of hydrogen-bond acceptors (Lipinski definition) is 6. The Morgan fingerprint density at radius 3 is 2.16 bits per heavy atom. The lowest BCUT2D eigenvalue weighted by Crippen LogP contribution is -2.57. The highest BCUT2D eigenvalue weighted by atomic mass is 16.5. The average Bonchev–Trinajstić information content (AvgIpc) is 3.53. The number of aryl methyl sites for hydroxylation is 1. The Morgan fingerprint density at radius 2 is 1.65 bits per heavy atom. The van der Waals surface area contributed by atoms with Gasteiger partial charge in [-0.3, -0.25) is 4.79 Å². The van der Waals surface area contributed by atoms with Gasteiger partial charge < -0.3 is 33.7 Å². The van der Waals surface area contributed by atoms with Gasteiger partial charge in [0.05, 0.1) is 40.1 Å². The Bertz CT molecular complexity index is 1020. The van der Waals surface area contributed by atoms with Gasteiger partial charge in [-0.1, -0.05) is 0 Å². The summed E-state index contributed by atoms with van der Waals surface area (Å²) < 4.78 is 23.7. The molecule has 1 aliphatic heterocycles. The van der Waals surface area contributed by atoms with Crippen LogP contribution in [0.25, 0.3) is 0 Å². The van der Waals surface area contributed by atoms with Crippen LogP contribution in [0.5, 0.6) is 23.0 Å². The third kappa shape index (κ3) is 4.26. The molecule has 0 bridgehead atoms. The second-order valence-electron chi connectivity index (χ2n) is 7.76. The van der Waals surface area contributed by atoms with Gasteiger partial charge in [0.15, 0.2) is 11.5 Å². The van der Waals surface area contributed by atoms with Gasteiger partial charge in [-0.05, 0) is 25.8 Å². The molecule has 1 N–H and O–H groups in total. The number of carbonyl (C=O) groups is 1. The van der Waals surface area contributed by atoms with Gasteiger partial charge in [-0.25, -0.2) is 4.79 Å². The summed E-state index contributed by atoms with van der Waals surface area (Å²) in [6, 6.07) is 6.84. The molecule has 9 nitrogen and oxygen atoms in total. The topological polar surface area (TPSA) is 91.3 Å². The minimum Gasteiger partial charge on any atom is -0.493 e. The second kappa shape index (κ2) is 8.41. The molecule has 1 aromatic heterocycles. The van der Waals surface area contributed by atoms with Gasteiger partial charge >= 0.3 is 6.03 Å². The zero-order chi connectivity index (χ0) is 22.1. The fraction of sp³-hybridized carbons (Fsp3) is 0.455. The van der Waals surface area contributed by atoms with Crippen LogP contribution in [0.2, 0.25) is 0 Å². The third-order valence-electron chi connectivity index (χ3n) is 5.50. The van der Waals surface area contributed by atoms with E-state index in [1.54, 1.807) is 17.0 Å². The van der Waals surface area contributed by atoms with Crippen LogP contribution in [0.15, 0.2) is 29.1 Å². The van der Waals surface area contributed by atoms with Gasteiger partial charge in [-0.2, -0.15) is 0 Å². The van der Waals surface area contributed by atoms with E-state index in [4.69, 9.17) is 18.9 Å². The molecule has 1 saturated heterocycles. The summed E-state index contributed by atoms with van der Waals surface area (Å²) >= 11 is 0. The first-order chi connectivity index (χ1) is 14.9. The zero-order valence-corrected chi connectivity index (χ0v) is 18.1. The molecule has 166 valence electrons. The summed E-state index contributed by atoms with van der Waals surface area (Å²) in [5.41, 5.74) is 1.40. The van der Waals surface area contributed by atoms with Crippen molar-refractivity contribution in [3.8, 4) is 23.0 Å². The number of rotatable bonds is 7. The van der Waals surface area contributed by atoms with Crippen molar-refractivity contribution in [2.75, 3.05) is 39.7 Å². The highest BCUT2D eigenvalue weighted by Gasteiger charge is 2.33. The lowest BCUT2D eigenvalue weighted by molar-refractivity contribution is 0.0490. The number of urea groups is 1. The molecule has 0 atom stereocenters. The number of aromatic nitrogens is 1. The quantitative estimate of drug-likeness (QED) is 0.728. The standard InChI is InChI=1S/C22H27N3O6/c1-13-7-16(10-20(26)25(13)15-5-6-15)31-17-11-24(12-17)22(27)23-14-8-18(28-2)21(30-4)19(9-14)29-3/h7-10,15,17H,5-6,11-12H2,1-4H3,(H,23,27). The van der Waals surface area contributed by atoms with Crippen molar-refractivity contribution in [1.29, 1.82) is 0 Å². The number of ether oxygens (including phenoxy) is 4. The summed E-state index contributed by atoms with van der Waals surface area (Å²) in [5.74, 6) is 1.92. The van der Waals surface area contributed by atoms with Crippen LogP contribution in [0.4, 0.5) is 10.5 Å². The average molecular weight is 429 g/mol. The molecule has 0 unspecified atom stereocenters. The molecule has 2 aliphatic rings. The molecule has 0 radical (unpaired) electrons. The molecule has 4 rings (SSSR count). The fourth-order valence-electron chi connectivity index (χ4n) is 3.78. The van der Waals surface area contributed by atoms with E-state index in [2.05, 4.69) is 5.32 Å². The van der Waals surface area contributed by atoms with Gasteiger partial charge in [0.2, 0.25) is 5.75 Å². The van der Waals surface area contributed by atoms with Crippen molar-refractivity contribution < 1.29 is 23.7 Å². The SMILES string of the molecule is COc1cc(NC(=O)N2CC(Oc3cc(C)n(C4CC4)c(=O)c3)C2)cc(OC)c1OC. The van der Waals surface area contributed by atoms with Crippen LogP contribution in [-0.2, 0) is 0 Å². The smallest absolute Gasteiger partial charge is 0.322 e. The van der Waals surface area contributed by atoms with E-state index in [1.807, 2.05) is 17.6 Å². The first kappa shape index (κ1) is 20.9. The number of likely N-dealkylation sites (tertiary alicyclic amines) is 1. The van der Waals surface area contributed by atoms with Gasteiger partial charge in [0.1, 0.15) is 11.9 Å². The number of nitrogens with zero attached hydrogens (tertiary/aromatic N) is 2. The zero-order valence-electron chi connectivity index (χ0n) is 18.1. The Morgan fingerprint density at radius 1 is 1.00 bits per heavy atom. The fourth-order valence-corrected chi connectivity index (χ4v) is 3.78. The minimum atomic E-state index is -0.255. The first-order valence-electron chi connectivity index (χ1n) is 10.2. The van der Waals surface area contributed by atoms with Gasteiger partial charge in [0.25, 0.3) is 5.56 Å². The lowest BCUT2D eigenvalue weighted by Gasteiger charge is -2.38. The Balaban J connectivity index is 1.35. The van der Waals surface area contributed by atoms with E-state index < -0.39 is 0 Å². The van der Waals surface area contributed by atoms with Gasteiger partial charge in [-0.15, -0.1) is 0 Å². The number of benzene rings is 1. The molecule has 2 aromatic rings. The number of hydrogen-bond donors (Lipinski definition) is 1. The van der Waals surface area contributed by atoms with Crippen molar-refractivity contribution in [2.45, 2.75) is 31.9 Å². The molecular formula is C22H27N3O6. The lowest BCUT2D eigenvalue weighted by atomic mass is 10.2. The van der Waals surface area contributed by atoms with Crippen LogP contribution in [0, 0.1) is 6.92 Å². The van der Waals surface area contributed by atoms with Crippen LogP contribution in [0.3, 0.4) is 0 Å². The van der Waals surface area contributed by atoms with E-state index >= 15 is 0 Å². The van der Waals surface area contributed by atoms with Crippen LogP contribution in [-0.4, -0.2) is 56.0 Å². The van der Waals surface area contributed by atoms with Crippen LogP contribution in [0.1, 0.15) is 24.6 Å². The molecule has 1 aromatic carbocycles. The minimum absolute atomic E-state index is 0.0335. The Hall–Kier alpha value is -3.36. The molecule has 2 amide bonds. The predicted molar refractivity (Wildman–Crippen MR) is 115 cm³/mol. The summed E-state index contributed by atoms with van der Waals surface area (Å²) in [7, 11) is 4.56. The van der Waals surface area contributed by atoms with Crippen molar-refractivity contribution in [3.05, 3.63) is 40.3 Å². The molecule has 2 heterocycles. The van der Waals surface area contributed by atoms with E-state index in [0.717, 1.165) is 18.5 Å². The number of amides is 2. The van der Waals surface area contributed by atoms with E-state index in [9.17, 15) is 9.59 Å². The van der Waals surface area contributed by atoms with Crippen molar-refractivity contribution in [1.82, 2.24) is 9.47 Å². The molecule has 2 fully saturated rings. The maximum Gasteiger partial charge on any atom is 0.322 e. The monoisotopic (exact) mass is 429 g/mol. The molecule has 1 aliphatic carbocycles. The van der Waals surface area contributed by atoms with Crippen LogP contribution >= 0.6 is 0 Å². The summed E-state index contributed by atoms with van der Waals surface area (Å²) in [6.45, 7) is 2.78. The Labute approximate surface area is 180 Å². The number of nitrogens with one attached hydrogen (secondary N) is 1. The van der Waals surface area contributed by atoms with Crippen molar-refractivity contribution >= 4 is 11.7 Å². The summed E-state index contributed by atoms with van der Waals surface area (Å²) in [6.07, 6.45) is 1.96. The third-order valence-corrected chi connectivity index (χ3v) is 5.50. The molecule has 31 heavy (non-hydrogen) atoms. The number of carbonyl (C=O) groups excluding carboxylic acids is 1. The van der Waals surface area contributed by atoms with E-state index in [0.29, 0.717) is 47.8 Å². The molecule has 9 heteroatoms. The van der Waals surface area contributed by atoms with Crippen molar-refractivity contribution in [2.24, 2.45) is 0 Å². The maximum atomic E-state index is 12.6. The first-order valence-corrected chi connectivity index (χ1v) is 10.2.